The number of hydrogen-bond acceptors (Lipinski definition) is 1. The van der Waals surface area contributed by atoms with Crippen LogP contribution in [-0.4, -0.2) is 10.6 Å². The summed E-state index contributed by atoms with van der Waals surface area (Å²) in [6, 6.07) is 28.9. The lowest BCUT2D eigenvalue weighted by Gasteiger charge is -2.38. The lowest BCUT2D eigenvalue weighted by Crippen LogP contribution is -2.30. The molecule has 2 atom stereocenters. The van der Waals surface area contributed by atoms with Gasteiger partial charge in [0.05, 0.1) is 0 Å². The molecule has 0 bridgehead atoms. The van der Waals surface area contributed by atoms with E-state index in [4.69, 9.17) is 4.98 Å². The summed E-state index contributed by atoms with van der Waals surface area (Å²) in [4.78, 5) is 4.93. The first-order valence-electron chi connectivity index (χ1n) is 9.66. The molecule has 0 unspecified atom stereocenters. The van der Waals surface area contributed by atoms with Crippen LogP contribution in [0, 0.1) is 6.92 Å². The van der Waals surface area contributed by atoms with Crippen molar-refractivity contribution in [1.82, 2.24) is 4.98 Å². The maximum absolute atomic E-state index is 4.93. The fourth-order valence-electron chi connectivity index (χ4n) is 4.25. The molecule has 1 aliphatic rings. The Bertz CT molecular complexity index is 792. The van der Waals surface area contributed by atoms with E-state index >= 15 is 0 Å². The fourth-order valence-corrected chi connectivity index (χ4v) is 7.40. The minimum Gasteiger partial charge on any atom is -0.258 e. The van der Waals surface area contributed by atoms with Gasteiger partial charge >= 0.3 is 0 Å². The third-order valence-electron chi connectivity index (χ3n) is 5.42. The summed E-state index contributed by atoms with van der Waals surface area (Å²) in [7, 11) is -0.382. The van der Waals surface area contributed by atoms with E-state index in [1.54, 1.807) is 0 Å². The van der Waals surface area contributed by atoms with Crippen molar-refractivity contribution in [2.75, 3.05) is 0 Å². The molecule has 1 fully saturated rings. The number of rotatable bonds is 4. The van der Waals surface area contributed by atoms with Crippen LogP contribution in [-0.2, 0) is 0 Å². The standard InChI is InChI=1S/C24H26NP/c1-19-11-10-17-23(25-19)22-16-8-9-18-24(22)26(20-12-4-2-5-13-20)21-14-6-3-7-15-21/h2-7,10-15,17,22,24H,8-9,16,18H2,1H3/t22-,24-/m0/s1. The molecule has 1 saturated carbocycles. The van der Waals surface area contributed by atoms with Crippen LogP contribution in [0.3, 0.4) is 0 Å². The quantitative estimate of drug-likeness (QED) is 0.557. The third kappa shape index (κ3) is 3.74. The molecule has 2 aromatic carbocycles. The summed E-state index contributed by atoms with van der Waals surface area (Å²) < 4.78 is 0. The van der Waals surface area contributed by atoms with E-state index < -0.39 is 0 Å². The molecule has 1 aliphatic carbocycles. The molecule has 2 heteroatoms. The number of nitrogens with zero attached hydrogens (tertiary/aromatic N) is 1. The first-order chi connectivity index (χ1) is 12.8. The van der Waals surface area contributed by atoms with E-state index in [0.717, 1.165) is 5.69 Å². The molecule has 26 heavy (non-hydrogen) atoms. The van der Waals surface area contributed by atoms with Crippen LogP contribution in [0.25, 0.3) is 0 Å². The number of hydrogen-bond donors (Lipinski definition) is 0. The summed E-state index contributed by atoms with van der Waals surface area (Å²) in [6.07, 6.45) is 5.23. The predicted molar refractivity (Wildman–Crippen MR) is 113 cm³/mol. The average molecular weight is 359 g/mol. The SMILES string of the molecule is Cc1cccc([C@@H]2CCCC[C@@H]2P(c2ccccc2)c2ccccc2)n1. The number of aryl methyl sites for hydroxylation is 1. The van der Waals surface area contributed by atoms with E-state index in [-0.39, 0.29) is 7.92 Å². The van der Waals surface area contributed by atoms with Crippen molar-refractivity contribution in [2.24, 2.45) is 0 Å². The number of benzene rings is 2. The van der Waals surface area contributed by atoms with Gasteiger partial charge in [0.25, 0.3) is 0 Å². The molecule has 0 radical (unpaired) electrons. The van der Waals surface area contributed by atoms with Gasteiger partial charge in [-0.3, -0.25) is 4.98 Å². The molecule has 1 heterocycles. The second-order valence-electron chi connectivity index (χ2n) is 7.20. The molecule has 1 nitrogen and oxygen atoms in total. The highest BCUT2D eigenvalue weighted by atomic mass is 31.1. The van der Waals surface area contributed by atoms with Gasteiger partial charge in [-0.15, -0.1) is 0 Å². The van der Waals surface area contributed by atoms with Gasteiger partial charge in [0.15, 0.2) is 0 Å². The molecule has 0 spiro atoms. The first-order valence-corrected chi connectivity index (χ1v) is 11.1. The number of pyridine rings is 1. The van der Waals surface area contributed by atoms with Gasteiger partial charge < -0.3 is 0 Å². The Kier molecular flexibility index (Phi) is 5.46. The highest BCUT2D eigenvalue weighted by molar-refractivity contribution is 7.73. The van der Waals surface area contributed by atoms with Gasteiger partial charge in [-0.25, -0.2) is 0 Å². The van der Waals surface area contributed by atoms with Crippen LogP contribution < -0.4 is 10.6 Å². The Balaban J connectivity index is 1.78. The van der Waals surface area contributed by atoms with Gasteiger partial charge in [0.1, 0.15) is 0 Å². The van der Waals surface area contributed by atoms with Crippen molar-refractivity contribution in [1.29, 1.82) is 0 Å². The number of aromatic nitrogens is 1. The summed E-state index contributed by atoms with van der Waals surface area (Å²) in [6.45, 7) is 2.11. The Morgan fingerprint density at radius 3 is 1.96 bits per heavy atom. The van der Waals surface area contributed by atoms with Crippen molar-refractivity contribution in [3.8, 4) is 0 Å². The van der Waals surface area contributed by atoms with Crippen LogP contribution in [0.15, 0.2) is 78.9 Å². The zero-order valence-electron chi connectivity index (χ0n) is 15.4. The zero-order valence-corrected chi connectivity index (χ0v) is 16.3. The van der Waals surface area contributed by atoms with E-state index in [1.165, 1.54) is 42.0 Å². The van der Waals surface area contributed by atoms with Crippen LogP contribution in [0.2, 0.25) is 0 Å². The topological polar surface area (TPSA) is 12.9 Å². The molecule has 4 rings (SSSR count). The van der Waals surface area contributed by atoms with Crippen LogP contribution in [0.4, 0.5) is 0 Å². The van der Waals surface area contributed by atoms with E-state index in [9.17, 15) is 0 Å². The molecule has 1 aromatic heterocycles. The van der Waals surface area contributed by atoms with Crippen molar-refractivity contribution in [3.05, 3.63) is 90.3 Å². The summed E-state index contributed by atoms with van der Waals surface area (Å²) in [5.74, 6) is 0.565. The fraction of sp³-hybridized carbons (Fsp3) is 0.292. The van der Waals surface area contributed by atoms with Crippen LogP contribution in [0.5, 0.6) is 0 Å². The summed E-state index contributed by atoms with van der Waals surface area (Å²) >= 11 is 0. The van der Waals surface area contributed by atoms with E-state index in [2.05, 4.69) is 85.8 Å². The molecule has 0 saturated heterocycles. The van der Waals surface area contributed by atoms with Gasteiger partial charge in [0.2, 0.25) is 0 Å². The van der Waals surface area contributed by atoms with Gasteiger partial charge in [-0.2, -0.15) is 0 Å². The van der Waals surface area contributed by atoms with Gasteiger partial charge in [-0.05, 0) is 56.1 Å². The highest BCUT2D eigenvalue weighted by Gasteiger charge is 2.35. The Labute approximate surface area is 158 Å². The summed E-state index contributed by atoms with van der Waals surface area (Å²) in [5.41, 5.74) is 3.10. The van der Waals surface area contributed by atoms with Crippen LogP contribution >= 0.6 is 7.92 Å². The predicted octanol–water partition coefficient (Wildman–Crippen LogP) is 5.55. The largest absolute Gasteiger partial charge is 0.258 e. The maximum atomic E-state index is 4.93. The Hall–Kier alpha value is -1.98. The van der Waals surface area contributed by atoms with Crippen LogP contribution in [0.1, 0.15) is 43.0 Å². The van der Waals surface area contributed by atoms with E-state index in [1.807, 2.05) is 0 Å². The molecule has 3 aromatic rings. The zero-order chi connectivity index (χ0) is 17.8. The van der Waals surface area contributed by atoms with E-state index in [0.29, 0.717) is 11.6 Å². The molecule has 0 amide bonds. The molecule has 0 N–H and O–H groups in total. The van der Waals surface area contributed by atoms with Gasteiger partial charge in [-0.1, -0.05) is 79.6 Å². The molecular weight excluding hydrogens is 333 g/mol. The first kappa shape index (κ1) is 17.4. The normalized spacial score (nSPS) is 20.2. The monoisotopic (exact) mass is 359 g/mol. The summed E-state index contributed by atoms with van der Waals surface area (Å²) in [5, 5.41) is 3.00. The Morgan fingerprint density at radius 2 is 1.35 bits per heavy atom. The lowest BCUT2D eigenvalue weighted by molar-refractivity contribution is 0.445. The van der Waals surface area contributed by atoms with Crippen molar-refractivity contribution in [2.45, 2.75) is 44.2 Å². The third-order valence-corrected chi connectivity index (χ3v) is 8.41. The minimum absolute atomic E-state index is 0.382. The van der Waals surface area contributed by atoms with Crippen molar-refractivity contribution in [3.63, 3.8) is 0 Å². The average Bonchev–Trinajstić information content (AvgIpc) is 2.70. The highest BCUT2D eigenvalue weighted by Crippen LogP contribution is 2.51. The molecular formula is C24H26NP. The maximum Gasteiger partial charge on any atom is 0.0444 e. The molecule has 0 aliphatic heterocycles. The van der Waals surface area contributed by atoms with Crippen molar-refractivity contribution >= 4 is 18.5 Å². The molecule has 132 valence electrons. The Morgan fingerprint density at radius 1 is 0.731 bits per heavy atom. The second-order valence-corrected chi connectivity index (χ2v) is 9.64. The minimum atomic E-state index is -0.382. The second kappa shape index (κ2) is 8.14. The van der Waals surface area contributed by atoms with Crippen molar-refractivity contribution < 1.29 is 0 Å². The smallest absolute Gasteiger partial charge is 0.0444 e. The lowest BCUT2D eigenvalue weighted by atomic mass is 9.86. The van der Waals surface area contributed by atoms with Gasteiger partial charge in [0, 0.05) is 17.3 Å².